The average molecular weight is 268 g/mol. The minimum Gasteiger partial charge on any atom is -0.465 e. The summed E-state index contributed by atoms with van der Waals surface area (Å²) in [5.41, 5.74) is 11.2. The van der Waals surface area contributed by atoms with Gasteiger partial charge >= 0.3 is 6.09 Å². The molecule has 3 rings (SSSR count). The topological polar surface area (TPSA) is 89.3 Å². The molecule has 0 fully saturated rings. The van der Waals surface area contributed by atoms with Crippen molar-refractivity contribution in [3.8, 4) is 0 Å². The largest absolute Gasteiger partial charge is 0.465 e. The van der Waals surface area contributed by atoms with E-state index in [-0.39, 0.29) is 0 Å². The van der Waals surface area contributed by atoms with Crippen LogP contribution < -0.4 is 11.5 Å². The summed E-state index contributed by atoms with van der Waals surface area (Å²) in [6, 6.07) is 19.1. The van der Waals surface area contributed by atoms with E-state index in [0.29, 0.717) is 6.54 Å². The molecule has 3 aromatic carbocycles. The highest BCUT2D eigenvalue weighted by atomic mass is 16.4. The minimum absolute atomic E-state index is 0.585. The van der Waals surface area contributed by atoms with Gasteiger partial charge in [-0.3, -0.25) is 0 Å². The van der Waals surface area contributed by atoms with Crippen LogP contribution in [-0.4, -0.2) is 11.2 Å². The number of hydrogen-bond donors (Lipinski definition) is 3. The molecule has 0 bridgehead atoms. The summed E-state index contributed by atoms with van der Waals surface area (Å²) in [5, 5.41) is 12.3. The summed E-state index contributed by atoms with van der Waals surface area (Å²) < 4.78 is 0. The van der Waals surface area contributed by atoms with Crippen LogP contribution in [0, 0.1) is 0 Å². The van der Waals surface area contributed by atoms with Crippen molar-refractivity contribution in [1.82, 2.24) is 0 Å². The summed E-state index contributed by atoms with van der Waals surface area (Å²) in [7, 11) is 0. The summed E-state index contributed by atoms with van der Waals surface area (Å²) in [6.07, 6.45) is -1.33. The number of primary amides is 1. The fourth-order valence-corrected chi connectivity index (χ4v) is 2.33. The number of benzene rings is 3. The highest BCUT2D eigenvalue weighted by Crippen LogP contribution is 2.27. The minimum atomic E-state index is -1.33. The fourth-order valence-electron chi connectivity index (χ4n) is 2.33. The maximum atomic E-state index is 8.78. The molecule has 0 saturated heterocycles. The van der Waals surface area contributed by atoms with E-state index < -0.39 is 6.09 Å². The molecule has 0 aliphatic carbocycles. The molecule has 4 heteroatoms. The number of hydrogen-bond acceptors (Lipinski definition) is 2. The Bertz CT molecular complexity index is 696. The van der Waals surface area contributed by atoms with E-state index in [1.165, 1.54) is 27.1 Å². The molecule has 5 N–H and O–H groups in total. The van der Waals surface area contributed by atoms with Gasteiger partial charge in [0, 0.05) is 6.54 Å². The average Bonchev–Trinajstić information content (AvgIpc) is 2.44. The van der Waals surface area contributed by atoms with Gasteiger partial charge in [-0.25, -0.2) is 4.79 Å². The van der Waals surface area contributed by atoms with Crippen LogP contribution in [0.1, 0.15) is 5.56 Å². The van der Waals surface area contributed by atoms with Crippen molar-refractivity contribution in [2.24, 2.45) is 11.5 Å². The van der Waals surface area contributed by atoms with E-state index >= 15 is 0 Å². The van der Waals surface area contributed by atoms with Gasteiger partial charge in [-0.1, -0.05) is 48.5 Å². The number of carbonyl (C=O) groups is 1. The van der Waals surface area contributed by atoms with Gasteiger partial charge in [0.25, 0.3) is 0 Å². The third kappa shape index (κ3) is 2.87. The Labute approximate surface area is 116 Å². The van der Waals surface area contributed by atoms with Gasteiger partial charge in [-0.05, 0) is 33.2 Å². The molecule has 0 heterocycles. The van der Waals surface area contributed by atoms with E-state index in [0.717, 1.165) is 0 Å². The van der Waals surface area contributed by atoms with Crippen molar-refractivity contribution in [1.29, 1.82) is 0 Å². The highest BCUT2D eigenvalue weighted by molar-refractivity contribution is 6.02. The van der Waals surface area contributed by atoms with Crippen molar-refractivity contribution in [2.75, 3.05) is 0 Å². The van der Waals surface area contributed by atoms with Crippen molar-refractivity contribution < 1.29 is 9.90 Å². The van der Waals surface area contributed by atoms with Crippen LogP contribution in [-0.2, 0) is 6.54 Å². The number of rotatable bonds is 1. The first-order valence-corrected chi connectivity index (χ1v) is 6.21. The van der Waals surface area contributed by atoms with Crippen LogP contribution in [0.2, 0.25) is 0 Å². The zero-order valence-electron chi connectivity index (χ0n) is 10.9. The van der Waals surface area contributed by atoms with Gasteiger partial charge in [0.2, 0.25) is 0 Å². The molecule has 0 spiro atoms. The monoisotopic (exact) mass is 268 g/mol. The summed E-state index contributed by atoms with van der Waals surface area (Å²) in [6.45, 7) is 0.585. The second-order valence-electron chi connectivity index (χ2n) is 4.34. The summed E-state index contributed by atoms with van der Waals surface area (Å²) in [5.74, 6) is 0. The van der Waals surface area contributed by atoms with Crippen molar-refractivity contribution in [2.45, 2.75) is 6.54 Å². The summed E-state index contributed by atoms with van der Waals surface area (Å²) >= 11 is 0. The number of nitrogens with two attached hydrogens (primary N) is 2. The van der Waals surface area contributed by atoms with Crippen LogP contribution in [0.3, 0.4) is 0 Å². The molecule has 0 radical (unpaired) electrons. The molecule has 20 heavy (non-hydrogen) atoms. The van der Waals surface area contributed by atoms with Crippen LogP contribution in [0.25, 0.3) is 21.5 Å². The Kier molecular flexibility index (Phi) is 4.17. The highest BCUT2D eigenvalue weighted by Gasteiger charge is 2.04. The first kappa shape index (κ1) is 13.8. The number of carboxylic acid groups (broad SMARTS) is 1. The Balaban J connectivity index is 0.000000328. The molecule has 4 nitrogen and oxygen atoms in total. The van der Waals surface area contributed by atoms with Gasteiger partial charge in [-0.15, -0.1) is 0 Å². The smallest absolute Gasteiger partial charge is 0.402 e. The van der Waals surface area contributed by atoms with Gasteiger partial charge in [0.05, 0.1) is 0 Å². The third-order valence-electron chi connectivity index (χ3n) is 3.09. The maximum Gasteiger partial charge on any atom is 0.402 e. The predicted octanol–water partition coefficient (Wildman–Crippen LogP) is 3.07. The Hall–Kier alpha value is -2.59. The second-order valence-corrected chi connectivity index (χ2v) is 4.34. The molecule has 0 saturated carbocycles. The lowest BCUT2D eigenvalue weighted by atomic mass is 9.97. The SMILES string of the molecule is NC(=O)O.NCc1c2ccccc2cc2ccccc12. The normalized spacial score (nSPS) is 10.1. The fraction of sp³-hybridized carbons (Fsp3) is 0.0625. The van der Waals surface area contributed by atoms with E-state index in [9.17, 15) is 0 Å². The molecule has 102 valence electrons. The molecular formula is C16H16N2O2. The first-order valence-electron chi connectivity index (χ1n) is 6.21. The standard InChI is InChI=1S/C15H13N.CH3NO2/c16-10-15-13-7-3-1-5-11(13)9-12-6-2-4-8-14(12)15;2-1(3)4/h1-9H,10,16H2;2H2,(H,3,4). The predicted molar refractivity (Wildman–Crippen MR) is 81.6 cm³/mol. The summed E-state index contributed by atoms with van der Waals surface area (Å²) in [4.78, 5) is 8.78. The van der Waals surface area contributed by atoms with Crippen LogP contribution in [0.4, 0.5) is 4.79 Å². The Morgan fingerprint density at radius 3 is 1.75 bits per heavy atom. The molecule has 0 aliphatic rings. The molecule has 0 aromatic heterocycles. The van der Waals surface area contributed by atoms with E-state index in [1.807, 2.05) is 0 Å². The van der Waals surface area contributed by atoms with Crippen molar-refractivity contribution >= 4 is 27.6 Å². The quantitative estimate of drug-likeness (QED) is 0.592. The molecule has 0 unspecified atom stereocenters. The molecular weight excluding hydrogens is 252 g/mol. The van der Waals surface area contributed by atoms with Crippen LogP contribution >= 0.6 is 0 Å². The molecule has 0 aliphatic heterocycles. The van der Waals surface area contributed by atoms with Crippen LogP contribution in [0.5, 0.6) is 0 Å². The van der Waals surface area contributed by atoms with Gasteiger partial charge < -0.3 is 16.6 Å². The lowest BCUT2D eigenvalue weighted by Gasteiger charge is -2.09. The maximum absolute atomic E-state index is 8.78. The van der Waals surface area contributed by atoms with Gasteiger partial charge in [-0.2, -0.15) is 0 Å². The van der Waals surface area contributed by atoms with E-state index in [1.54, 1.807) is 0 Å². The first-order chi connectivity index (χ1) is 9.63. The van der Waals surface area contributed by atoms with E-state index in [2.05, 4.69) is 60.3 Å². The van der Waals surface area contributed by atoms with Crippen molar-refractivity contribution in [3.05, 3.63) is 60.2 Å². The Morgan fingerprint density at radius 1 is 0.950 bits per heavy atom. The van der Waals surface area contributed by atoms with Crippen LogP contribution in [0.15, 0.2) is 54.6 Å². The Morgan fingerprint density at radius 2 is 1.35 bits per heavy atom. The molecule has 0 atom stereocenters. The van der Waals surface area contributed by atoms with Crippen molar-refractivity contribution in [3.63, 3.8) is 0 Å². The zero-order chi connectivity index (χ0) is 14.5. The molecule has 3 aromatic rings. The van der Waals surface area contributed by atoms with Gasteiger partial charge in [0.1, 0.15) is 0 Å². The van der Waals surface area contributed by atoms with Gasteiger partial charge in [0.15, 0.2) is 0 Å². The molecule has 1 amide bonds. The second kappa shape index (κ2) is 6.04. The zero-order valence-corrected chi connectivity index (χ0v) is 10.9. The number of fused-ring (bicyclic) bond motifs is 2. The lowest BCUT2D eigenvalue weighted by molar-refractivity contribution is 0.205. The van der Waals surface area contributed by atoms with E-state index in [4.69, 9.17) is 15.6 Å². The third-order valence-corrected chi connectivity index (χ3v) is 3.09. The lowest BCUT2D eigenvalue weighted by Crippen LogP contribution is -2.03. The number of amides is 1.